The molecule has 0 aliphatic carbocycles. The van der Waals surface area contributed by atoms with Crippen molar-refractivity contribution in [1.29, 1.82) is 0 Å². The third-order valence-corrected chi connectivity index (χ3v) is 1.11. The van der Waals surface area contributed by atoms with Crippen molar-refractivity contribution in [1.82, 2.24) is 0 Å². The first-order valence-corrected chi connectivity index (χ1v) is 5.02. The molecule has 0 unspecified atom stereocenters. The number of hydrogen-bond donors (Lipinski definition) is 1. The molecule has 0 radical (unpaired) electrons. The molecule has 0 rings (SSSR count). The number of ketones is 1. The van der Waals surface area contributed by atoms with E-state index >= 15 is 0 Å². The van der Waals surface area contributed by atoms with E-state index in [4.69, 9.17) is 14.6 Å². The molecule has 0 bridgehead atoms. The van der Waals surface area contributed by atoms with Gasteiger partial charge in [0.05, 0.1) is 18.8 Å². The summed E-state index contributed by atoms with van der Waals surface area (Å²) in [6, 6.07) is 0. The topological polar surface area (TPSA) is 82.4 Å². The second-order valence-electron chi connectivity index (χ2n) is 3.04. The van der Waals surface area contributed by atoms with Crippen molar-refractivity contribution in [3.8, 4) is 0 Å². The van der Waals surface area contributed by atoms with Crippen LogP contribution in [0.3, 0.4) is 0 Å². The molecule has 0 heterocycles. The van der Waals surface area contributed by atoms with Crippen molar-refractivity contribution in [2.75, 3.05) is 13.2 Å². The van der Waals surface area contributed by atoms with Crippen molar-refractivity contribution >= 4 is 5.78 Å². The molecule has 0 amide bonds. The van der Waals surface area contributed by atoms with Gasteiger partial charge in [-0.2, -0.15) is 0 Å². The summed E-state index contributed by atoms with van der Waals surface area (Å²) in [4.78, 5) is 8.40. The first kappa shape index (κ1) is 24.9. The number of carbonyl (C=O) groups excluding carboxylic acids is 1. The summed E-state index contributed by atoms with van der Waals surface area (Å²) in [6.07, 6.45) is 3.56. The van der Waals surface area contributed by atoms with Crippen LogP contribution in [0.15, 0.2) is 11.8 Å². The average Bonchev–Trinajstić information content (AvgIpc) is 2.04. The predicted molar refractivity (Wildman–Crippen MR) is 64.0 cm³/mol. The van der Waals surface area contributed by atoms with E-state index in [-0.39, 0.29) is 38.7 Å². The standard InChI is InChI=1S/C6H14O.C5H8O2.H2O.Ti/c1-3-5-7-6-4-2;1-4(6)3-5(2)7;;/h3-6H2,1-2H3;3,6H,1-2H3;1H2;/p+1. The van der Waals surface area contributed by atoms with E-state index in [1.165, 1.54) is 19.9 Å². The van der Waals surface area contributed by atoms with Crippen LogP contribution in [-0.2, 0) is 26.5 Å². The molecule has 0 aliphatic heterocycles. The molecule has 96 valence electrons. The zero-order valence-corrected chi connectivity index (χ0v) is 12.3. The van der Waals surface area contributed by atoms with Gasteiger partial charge in [0.2, 0.25) is 0 Å². The number of ether oxygens (including phenoxy) is 1. The fraction of sp³-hybridized carbons (Fsp3) is 0.727. The molecule has 4 N–H and O–H groups in total. The molecule has 0 aromatic carbocycles. The van der Waals surface area contributed by atoms with Crippen LogP contribution in [0.1, 0.15) is 40.5 Å². The summed E-state index contributed by atoms with van der Waals surface area (Å²) in [7, 11) is 0. The molecule has 0 spiro atoms. The molecule has 0 aliphatic rings. The monoisotopic (exact) mass is 269 g/mol. The van der Waals surface area contributed by atoms with E-state index < -0.39 is 0 Å². The van der Waals surface area contributed by atoms with Gasteiger partial charge in [-0.3, -0.25) is 4.79 Å². The van der Waals surface area contributed by atoms with Crippen LogP contribution in [0.25, 0.3) is 0 Å². The summed E-state index contributed by atoms with van der Waals surface area (Å²) >= 11 is 0. The minimum absolute atomic E-state index is 0. The van der Waals surface area contributed by atoms with Gasteiger partial charge in [0.1, 0.15) is 0 Å². The first-order chi connectivity index (χ1) is 6.54. The number of allylic oxidation sites excluding steroid dienone is 2. The molecule has 0 saturated carbocycles. The van der Waals surface area contributed by atoms with E-state index in [0.29, 0.717) is 0 Å². The molecule has 16 heavy (non-hydrogen) atoms. The molecular weight excluding hydrogens is 244 g/mol. The Morgan fingerprint density at radius 2 is 1.56 bits per heavy atom. The number of aliphatic hydroxyl groups excluding tert-OH is 1. The van der Waals surface area contributed by atoms with Crippen molar-refractivity contribution in [2.45, 2.75) is 40.5 Å². The maximum Gasteiger partial charge on any atom is 0.316 e. The molecule has 0 aromatic rings. The van der Waals surface area contributed by atoms with Gasteiger partial charge in [0, 0.05) is 34.9 Å². The van der Waals surface area contributed by atoms with Gasteiger partial charge in [0.25, 0.3) is 0 Å². The Kier molecular flexibility index (Phi) is 31.5. The quantitative estimate of drug-likeness (QED) is 0.272. The first-order valence-electron chi connectivity index (χ1n) is 5.02. The zero-order chi connectivity index (χ0) is 11.4. The normalized spacial score (nSPS) is 9.12. The maximum absolute atomic E-state index is 8.40. The fourth-order valence-electron chi connectivity index (χ4n) is 0.693. The summed E-state index contributed by atoms with van der Waals surface area (Å²) in [5.41, 5.74) is 0. The SMILES string of the molecule is CC(=[OH+])C=C(C)O.CCCOCCC.O.[Ti]. The number of aliphatic hydroxyl groups is 1. The summed E-state index contributed by atoms with van der Waals surface area (Å²) < 4.78 is 5.13. The predicted octanol–water partition coefficient (Wildman–Crippen LogP) is 2.01. The summed E-state index contributed by atoms with van der Waals surface area (Å²) in [5.74, 6) is 0.250. The van der Waals surface area contributed by atoms with E-state index in [0.717, 1.165) is 26.1 Å². The van der Waals surface area contributed by atoms with Crippen LogP contribution in [0.4, 0.5) is 0 Å². The second-order valence-corrected chi connectivity index (χ2v) is 3.04. The van der Waals surface area contributed by atoms with Gasteiger partial charge in [-0.15, -0.1) is 0 Å². The van der Waals surface area contributed by atoms with E-state index in [9.17, 15) is 0 Å². The Labute approximate surface area is 113 Å². The largest absolute Gasteiger partial charge is 0.512 e. The Balaban J connectivity index is -0.0000000800. The van der Waals surface area contributed by atoms with Crippen LogP contribution in [0.5, 0.6) is 0 Å². The molecular formula is C11H25O4Ti+. The third kappa shape index (κ3) is 37.1. The van der Waals surface area contributed by atoms with Crippen molar-refractivity contribution in [3.05, 3.63) is 11.8 Å². The fourth-order valence-corrected chi connectivity index (χ4v) is 0.693. The van der Waals surface area contributed by atoms with Crippen LogP contribution >= 0.6 is 0 Å². The smallest absolute Gasteiger partial charge is 0.316 e. The van der Waals surface area contributed by atoms with Crippen LogP contribution in [0, 0.1) is 0 Å². The van der Waals surface area contributed by atoms with Gasteiger partial charge >= 0.3 is 5.78 Å². The molecule has 5 heteroatoms. The zero-order valence-electron chi connectivity index (χ0n) is 10.7. The second kappa shape index (κ2) is 20.3. The molecule has 0 atom stereocenters. The molecule has 0 fully saturated rings. The van der Waals surface area contributed by atoms with Crippen molar-refractivity contribution < 1.29 is 41.8 Å². The van der Waals surface area contributed by atoms with Crippen molar-refractivity contribution in [3.63, 3.8) is 0 Å². The Morgan fingerprint density at radius 1 is 1.19 bits per heavy atom. The van der Waals surface area contributed by atoms with E-state index in [2.05, 4.69) is 13.8 Å². The van der Waals surface area contributed by atoms with Crippen LogP contribution in [0.2, 0.25) is 0 Å². The van der Waals surface area contributed by atoms with E-state index in [1.807, 2.05) is 0 Å². The Morgan fingerprint density at radius 3 is 1.69 bits per heavy atom. The van der Waals surface area contributed by atoms with E-state index in [1.54, 1.807) is 0 Å². The molecule has 0 saturated heterocycles. The molecule has 4 nitrogen and oxygen atoms in total. The Hall–Kier alpha value is -0.156. The number of rotatable bonds is 5. The van der Waals surface area contributed by atoms with Gasteiger partial charge in [0.15, 0.2) is 0 Å². The number of hydrogen-bond acceptors (Lipinski definition) is 2. The minimum atomic E-state index is 0. The Bertz CT molecular complexity index is 161. The maximum atomic E-state index is 8.40. The van der Waals surface area contributed by atoms with Crippen LogP contribution in [-0.4, -0.2) is 34.4 Å². The van der Waals surface area contributed by atoms with Gasteiger partial charge in [-0.05, 0) is 19.8 Å². The van der Waals surface area contributed by atoms with Crippen molar-refractivity contribution in [2.24, 2.45) is 0 Å². The minimum Gasteiger partial charge on any atom is -0.512 e. The summed E-state index contributed by atoms with van der Waals surface area (Å²) in [6.45, 7) is 9.09. The van der Waals surface area contributed by atoms with Gasteiger partial charge < -0.3 is 15.3 Å². The van der Waals surface area contributed by atoms with Gasteiger partial charge in [-0.25, -0.2) is 0 Å². The molecule has 0 aromatic heterocycles. The van der Waals surface area contributed by atoms with Crippen LogP contribution < -0.4 is 0 Å². The average molecular weight is 269 g/mol. The summed E-state index contributed by atoms with van der Waals surface area (Å²) in [5, 5.41) is 8.40. The third-order valence-electron chi connectivity index (χ3n) is 1.11. The van der Waals surface area contributed by atoms with Gasteiger partial charge in [-0.1, -0.05) is 13.8 Å².